The molecule has 130 valence electrons. The van der Waals surface area contributed by atoms with E-state index >= 15 is 0 Å². The third kappa shape index (κ3) is 4.12. The molecule has 3 rings (SSSR count). The number of rotatable bonds is 5. The summed E-state index contributed by atoms with van der Waals surface area (Å²) in [6, 6.07) is 8.10. The molecule has 6 nitrogen and oxygen atoms in total. The molecule has 1 N–H and O–H groups in total. The molecule has 1 fully saturated rings. The highest BCUT2D eigenvalue weighted by Crippen LogP contribution is 2.18. The minimum absolute atomic E-state index is 0.234. The van der Waals surface area contributed by atoms with Crippen LogP contribution in [0.15, 0.2) is 49.2 Å². The highest BCUT2D eigenvalue weighted by Gasteiger charge is 2.20. The Morgan fingerprint density at radius 1 is 1.16 bits per heavy atom. The number of carbonyl (C=O) groups is 1. The van der Waals surface area contributed by atoms with E-state index in [-0.39, 0.29) is 11.7 Å². The van der Waals surface area contributed by atoms with Gasteiger partial charge in [0.05, 0.1) is 0 Å². The van der Waals surface area contributed by atoms with Crippen molar-refractivity contribution in [1.29, 1.82) is 0 Å². The minimum Gasteiger partial charge on any atom is -0.368 e. The molecule has 1 aliphatic rings. The molecular weight excluding hydrogens is 321 g/mol. The van der Waals surface area contributed by atoms with Crippen LogP contribution in [-0.2, 0) is 0 Å². The molecule has 1 aromatic carbocycles. The van der Waals surface area contributed by atoms with Gasteiger partial charge in [-0.25, -0.2) is 14.4 Å². The summed E-state index contributed by atoms with van der Waals surface area (Å²) in [5.41, 5.74) is 1.34. The lowest BCUT2D eigenvalue weighted by Crippen LogP contribution is -2.47. The van der Waals surface area contributed by atoms with Crippen molar-refractivity contribution in [1.82, 2.24) is 15.3 Å². The quantitative estimate of drug-likeness (QED) is 0.841. The lowest BCUT2D eigenvalue weighted by Gasteiger charge is -2.36. The fourth-order valence-electron chi connectivity index (χ4n) is 2.70. The lowest BCUT2D eigenvalue weighted by atomic mass is 10.2. The van der Waals surface area contributed by atoms with Crippen molar-refractivity contribution in [3.8, 4) is 0 Å². The number of halogens is 1. The highest BCUT2D eigenvalue weighted by atomic mass is 19.1. The standard InChI is InChI=1S/C18H20FN5O/c1-2-8-20-17(25)16-7-9-21-18(22-16)24-12-10-23(11-13-24)15-5-3-14(19)4-6-15/h2-7,9H,1,8,10-13H2,(H,20,25). The predicted molar refractivity (Wildman–Crippen MR) is 95.4 cm³/mol. The highest BCUT2D eigenvalue weighted by molar-refractivity contribution is 5.92. The average Bonchev–Trinajstić information content (AvgIpc) is 2.67. The van der Waals surface area contributed by atoms with Crippen LogP contribution in [-0.4, -0.2) is 48.6 Å². The van der Waals surface area contributed by atoms with Gasteiger partial charge in [0.2, 0.25) is 5.95 Å². The molecule has 0 saturated carbocycles. The molecule has 1 aliphatic heterocycles. The van der Waals surface area contributed by atoms with Gasteiger partial charge >= 0.3 is 0 Å². The number of hydrogen-bond acceptors (Lipinski definition) is 5. The Bertz CT molecular complexity index is 741. The van der Waals surface area contributed by atoms with E-state index in [1.165, 1.54) is 12.1 Å². The fourth-order valence-corrected chi connectivity index (χ4v) is 2.70. The summed E-state index contributed by atoms with van der Waals surface area (Å²) in [7, 11) is 0. The molecule has 2 heterocycles. The second-order valence-corrected chi connectivity index (χ2v) is 5.69. The summed E-state index contributed by atoms with van der Waals surface area (Å²) >= 11 is 0. The van der Waals surface area contributed by atoms with E-state index in [9.17, 15) is 9.18 Å². The molecule has 0 unspecified atom stereocenters. The van der Waals surface area contributed by atoms with Gasteiger partial charge in [-0.05, 0) is 30.3 Å². The monoisotopic (exact) mass is 341 g/mol. The zero-order chi connectivity index (χ0) is 17.6. The van der Waals surface area contributed by atoms with Crippen LogP contribution >= 0.6 is 0 Å². The van der Waals surface area contributed by atoms with E-state index in [0.29, 0.717) is 18.2 Å². The van der Waals surface area contributed by atoms with Crippen molar-refractivity contribution in [2.24, 2.45) is 0 Å². The Morgan fingerprint density at radius 2 is 1.84 bits per heavy atom. The molecule has 1 amide bonds. The number of nitrogens with zero attached hydrogens (tertiary/aromatic N) is 4. The summed E-state index contributed by atoms with van der Waals surface area (Å²) in [5, 5.41) is 2.71. The van der Waals surface area contributed by atoms with E-state index in [1.54, 1.807) is 30.5 Å². The van der Waals surface area contributed by atoms with Crippen LogP contribution in [0.1, 0.15) is 10.5 Å². The number of aromatic nitrogens is 2. The maximum Gasteiger partial charge on any atom is 0.270 e. The predicted octanol–water partition coefficient (Wildman–Crippen LogP) is 1.86. The average molecular weight is 341 g/mol. The molecule has 0 radical (unpaired) electrons. The Labute approximate surface area is 146 Å². The first-order valence-corrected chi connectivity index (χ1v) is 8.15. The number of carbonyl (C=O) groups excluding carboxylic acids is 1. The smallest absolute Gasteiger partial charge is 0.270 e. The van der Waals surface area contributed by atoms with Gasteiger partial charge in [0.1, 0.15) is 11.5 Å². The van der Waals surface area contributed by atoms with E-state index < -0.39 is 0 Å². The van der Waals surface area contributed by atoms with Crippen LogP contribution in [0.3, 0.4) is 0 Å². The molecule has 0 bridgehead atoms. The number of hydrogen-bond donors (Lipinski definition) is 1. The van der Waals surface area contributed by atoms with Crippen molar-refractivity contribution in [3.05, 3.63) is 60.7 Å². The SMILES string of the molecule is C=CCNC(=O)c1ccnc(N2CCN(c3ccc(F)cc3)CC2)n1. The largest absolute Gasteiger partial charge is 0.368 e. The molecule has 0 spiro atoms. The van der Waals surface area contributed by atoms with Gasteiger partial charge in [-0.1, -0.05) is 6.08 Å². The maximum atomic E-state index is 13.0. The Balaban J connectivity index is 1.63. The Morgan fingerprint density at radius 3 is 2.52 bits per heavy atom. The maximum absolute atomic E-state index is 13.0. The van der Waals surface area contributed by atoms with E-state index in [4.69, 9.17) is 0 Å². The van der Waals surface area contributed by atoms with E-state index in [2.05, 4.69) is 26.8 Å². The first-order chi connectivity index (χ1) is 12.2. The first kappa shape index (κ1) is 16.9. The van der Waals surface area contributed by atoms with Gasteiger partial charge in [0, 0.05) is 44.6 Å². The van der Waals surface area contributed by atoms with Crippen LogP contribution in [0.2, 0.25) is 0 Å². The molecule has 25 heavy (non-hydrogen) atoms. The fraction of sp³-hybridized carbons (Fsp3) is 0.278. The normalized spacial score (nSPS) is 14.3. The molecule has 1 saturated heterocycles. The van der Waals surface area contributed by atoms with Crippen LogP contribution in [0, 0.1) is 5.82 Å². The van der Waals surface area contributed by atoms with Gasteiger partial charge in [-0.3, -0.25) is 4.79 Å². The zero-order valence-corrected chi connectivity index (χ0v) is 13.9. The number of amides is 1. The molecule has 1 aromatic heterocycles. The third-order valence-electron chi connectivity index (χ3n) is 4.04. The number of nitrogens with one attached hydrogen (secondary N) is 1. The Hall–Kier alpha value is -2.96. The molecular formula is C18H20FN5O. The summed E-state index contributed by atoms with van der Waals surface area (Å²) in [6.45, 7) is 6.99. The second kappa shape index (κ2) is 7.74. The summed E-state index contributed by atoms with van der Waals surface area (Å²) in [6.07, 6.45) is 3.21. The van der Waals surface area contributed by atoms with Crippen molar-refractivity contribution < 1.29 is 9.18 Å². The second-order valence-electron chi connectivity index (χ2n) is 5.69. The van der Waals surface area contributed by atoms with Crippen molar-refractivity contribution >= 4 is 17.5 Å². The van der Waals surface area contributed by atoms with Crippen LogP contribution in [0.25, 0.3) is 0 Å². The number of benzene rings is 1. The van der Waals surface area contributed by atoms with E-state index in [0.717, 1.165) is 31.9 Å². The molecule has 0 aliphatic carbocycles. The van der Waals surface area contributed by atoms with Gasteiger partial charge < -0.3 is 15.1 Å². The minimum atomic E-state index is -0.242. The van der Waals surface area contributed by atoms with E-state index in [1.807, 2.05) is 4.90 Å². The molecule has 7 heteroatoms. The van der Waals surface area contributed by atoms with Gasteiger partial charge in [0.15, 0.2) is 0 Å². The summed E-state index contributed by atoms with van der Waals surface area (Å²) in [4.78, 5) is 24.9. The van der Waals surface area contributed by atoms with Crippen molar-refractivity contribution in [2.45, 2.75) is 0 Å². The zero-order valence-electron chi connectivity index (χ0n) is 13.9. The number of anilines is 2. The van der Waals surface area contributed by atoms with Crippen LogP contribution < -0.4 is 15.1 Å². The van der Waals surface area contributed by atoms with Crippen molar-refractivity contribution in [3.63, 3.8) is 0 Å². The topological polar surface area (TPSA) is 61.4 Å². The summed E-state index contributed by atoms with van der Waals surface area (Å²) in [5.74, 6) is 0.0702. The third-order valence-corrected chi connectivity index (χ3v) is 4.04. The van der Waals surface area contributed by atoms with Gasteiger partial charge in [-0.15, -0.1) is 6.58 Å². The van der Waals surface area contributed by atoms with Gasteiger partial charge in [-0.2, -0.15) is 0 Å². The summed E-state index contributed by atoms with van der Waals surface area (Å²) < 4.78 is 13.0. The lowest BCUT2D eigenvalue weighted by molar-refractivity contribution is 0.0953. The molecule has 2 aromatic rings. The Kier molecular flexibility index (Phi) is 5.23. The van der Waals surface area contributed by atoms with Gasteiger partial charge in [0.25, 0.3) is 5.91 Å². The van der Waals surface area contributed by atoms with Crippen LogP contribution in [0.5, 0.6) is 0 Å². The number of piperazine rings is 1. The van der Waals surface area contributed by atoms with Crippen molar-refractivity contribution in [2.75, 3.05) is 42.5 Å². The first-order valence-electron chi connectivity index (χ1n) is 8.15. The van der Waals surface area contributed by atoms with Crippen LogP contribution in [0.4, 0.5) is 16.0 Å². The molecule has 0 atom stereocenters.